The van der Waals surface area contributed by atoms with Crippen LogP contribution >= 0.6 is 12.4 Å². The Morgan fingerprint density at radius 1 is 1.17 bits per heavy atom. The van der Waals surface area contributed by atoms with Crippen molar-refractivity contribution in [2.75, 3.05) is 13.1 Å². The zero-order valence-corrected chi connectivity index (χ0v) is 17.5. The third-order valence-corrected chi connectivity index (χ3v) is 5.43. The van der Waals surface area contributed by atoms with Crippen molar-refractivity contribution in [2.24, 2.45) is 11.7 Å². The van der Waals surface area contributed by atoms with E-state index >= 15 is 0 Å². The molecule has 2 rings (SSSR count). The van der Waals surface area contributed by atoms with Crippen molar-refractivity contribution in [3.05, 3.63) is 35.4 Å². The zero-order valence-electron chi connectivity index (χ0n) is 16.6. The van der Waals surface area contributed by atoms with E-state index in [1.165, 1.54) is 12.1 Å². The summed E-state index contributed by atoms with van der Waals surface area (Å²) >= 11 is 0. The summed E-state index contributed by atoms with van der Waals surface area (Å²) in [5.41, 5.74) is 5.12. The van der Waals surface area contributed by atoms with Gasteiger partial charge in [0.1, 0.15) is 0 Å². The molecule has 9 heteroatoms. The number of nitrogens with one attached hydrogen (secondary N) is 2. The lowest BCUT2D eigenvalue weighted by Crippen LogP contribution is -2.48. The van der Waals surface area contributed by atoms with E-state index in [1.807, 2.05) is 13.8 Å². The van der Waals surface area contributed by atoms with Gasteiger partial charge in [0.15, 0.2) is 0 Å². The zero-order chi connectivity index (χ0) is 20.9. The van der Waals surface area contributed by atoms with Crippen LogP contribution < -0.4 is 16.4 Å². The highest BCUT2D eigenvalue weighted by Gasteiger charge is 2.38. The van der Waals surface area contributed by atoms with E-state index in [0.717, 1.165) is 18.9 Å². The smallest absolute Gasteiger partial charge is 0.354 e. The molecule has 1 aliphatic rings. The van der Waals surface area contributed by atoms with Gasteiger partial charge in [-0.05, 0) is 30.4 Å². The fraction of sp³-hybridized carbons (Fsp3) is 0.600. The summed E-state index contributed by atoms with van der Waals surface area (Å²) < 4.78 is 39.2. The summed E-state index contributed by atoms with van der Waals surface area (Å²) in [6.45, 7) is 3.64. The number of nitrogens with two attached hydrogens (primary N) is 1. The lowest BCUT2D eigenvalue weighted by molar-refractivity contribution is -0.137. The predicted octanol–water partition coefficient (Wildman–Crippen LogP) is 3.15. The highest BCUT2D eigenvalue weighted by Crippen LogP contribution is 2.42. The van der Waals surface area contributed by atoms with Gasteiger partial charge in [0.05, 0.1) is 18.2 Å². The third-order valence-electron chi connectivity index (χ3n) is 5.43. The predicted molar refractivity (Wildman–Crippen MR) is 108 cm³/mol. The van der Waals surface area contributed by atoms with Crippen LogP contribution in [-0.2, 0) is 21.2 Å². The second-order valence-electron chi connectivity index (χ2n) is 7.83. The number of benzene rings is 1. The Morgan fingerprint density at radius 3 is 2.34 bits per heavy atom. The topological polar surface area (TPSA) is 84.2 Å². The van der Waals surface area contributed by atoms with Gasteiger partial charge in [0.25, 0.3) is 0 Å². The Morgan fingerprint density at radius 2 is 1.79 bits per heavy atom. The van der Waals surface area contributed by atoms with Gasteiger partial charge in [-0.25, -0.2) is 0 Å². The Bertz CT molecular complexity index is 704. The molecule has 164 valence electrons. The van der Waals surface area contributed by atoms with Gasteiger partial charge in [-0.1, -0.05) is 44.9 Å². The number of carbonyl (C=O) groups excluding carboxylic acids is 2. The maximum absolute atomic E-state index is 13.1. The molecule has 0 aromatic heterocycles. The highest BCUT2D eigenvalue weighted by atomic mass is 35.5. The van der Waals surface area contributed by atoms with E-state index in [1.54, 1.807) is 6.07 Å². The maximum atomic E-state index is 13.1. The number of carbonyl (C=O) groups is 2. The van der Waals surface area contributed by atoms with E-state index < -0.39 is 29.1 Å². The van der Waals surface area contributed by atoms with Crippen LogP contribution in [0.3, 0.4) is 0 Å². The lowest BCUT2D eigenvalue weighted by Gasteiger charge is -2.30. The fourth-order valence-corrected chi connectivity index (χ4v) is 3.56. The van der Waals surface area contributed by atoms with E-state index in [-0.39, 0.29) is 37.3 Å². The summed E-state index contributed by atoms with van der Waals surface area (Å²) in [7, 11) is 0. The van der Waals surface area contributed by atoms with Crippen molar-refractivity contribution < 1.29 is 22.8 Å². The molecule has 0 unspecified atom stereocenters. The fourth-order valence-electron chi connectivity index (χ4n) is 3.56. The summed E-state index contributed by atoms with van der Waals surface area (Å²) in [5, 5.41) is 5.27. The molecule has 0 heterocycles. The van der Waals surface area contributed by atoms with Gasteiger partial charge >= 0.3 is 6.18 Å². The number of hydrogen-bond donors (Lipinski definition) is 3. The van der Waals surface area contributed by atoms with Crippen molar-refractivity contribution in [2.45, 2.75) is 57.2 Å². The monoisotopic (exact) mass is 435 g/mol. The molecule has 5 nitrogen and oxygen atoms in total. The number of rotatable bonds is 7. The second kappa shape index (κ2) is 10.3. The molecule has 0 spiro atoms. The molecule has 0 aliphatic heterocycles. The average molecular weight is 436 g/mol. The minimum absolute atomic E-state index is 0. The van der Waals surface area contributed by atoms with E-state index in [2.05, 4.69) is 10.6 Å². The molecule has 1 atom stereocenters. The molecular weight excluding hydrogens is 407 g/mol. The molecule has 29 heavy (non-hydrogen) atoms. The average Bonchev–Trinajstić information content (AvgIpc) is 3.13. The van der Waals surface area contributed by atoms with Crippen molar-refractivity contribution in [3.63, 3.8) is 0 Å². The van der Waals surface area contributed by atoms with Gasteiger partial charge in [-0.3, -0.25) is 9.59 Å². The van der Waals surface area contributed by atoms with Crippen LogP contribution in [0.2, 0.25) is 0 Å². The minimum atomic E-state index is -4.40. The van der Waals surface area contributed by atoms with Crippen LogP contribution in [0.25, 0.3) is 0 Å². The van der Waals surface area contributed by atoms with Crippen LogP contribution in [0, 0.1) is 5.92 Å². The van der Waals surface area contributed by atoms with Gasteiger partial charge in [-0.2, -0.15) is 13.2 Å². The molecule has 0 bridgehead atoms. The maximum Gasteiger partial charge on any atom is 0.416 e. The largest absolute Gasteiger partial charge is 0.416 e. The van der Waals surface area contributed by atoms with Gasteiger partial charge in [0.2, 0.25) is 11.8 Å². The Balaban J connectivity index is 0.00000420. The molecule has 4 N–H and O–H groups in total. The summed E-state index contributed by atoms with van der Waals surface area (Å²) in [5.74, 6) is -0.841. The first-order valence-electron chi connectivity index (χ1n) is 9.53. The summed E-state index contributed by atoms with van der Waals surface area (Å²) in [4.78, 5) is 24.0. The molecule has 0 radical (unpaired) electrons. The molecule has 1 fully saturated rings. The number of amides is 2. The Hall–Kier alpha value is -1.80. The van der Waals surface area contributed by atoms with E-state index in [0.29, 0.717) is 18.4 Å². The summed E-state index contributed by atoms with van der Waals surface area (Å²) in [6, 6.07) is 4.64. The number of alkyl halides is 3. The standard InChI is InChI=1S/C20H28F3N3O2.ClH/c1-13(2)17(24)18(28)25-11-16(27)26-12-19(8-3-4-9-19)14-6-5-7-15(10-14)20(21,22)23;/h5-7,10,13,17H,3-4,8-9,11-12,24H2,1-2H3,(H,25,28)(H,26,27);1H/t17-;/m0./s1. The molecule has 2 amide bonds. The normalized spacial score (nSPS) is 16.8. The van der Waals surface area contributed by atoms with Crippen LogP contribution in [-0.4, -0.2) is 30.9 Å². The molecule has 1 aliphatic carbocycles. The van der Waals surface area contributed by atoms with Crippen molar-refractivity contribution in [1.29, 1.82) is 0 Å². The third kappa shape index (κ3) is 6.60. The Labute approximate surface area is 175 Å². The van der Waals surface area contributed by atoms with Crippen LogP contribution in [0.1, 0.15) is 50.7 Å². The second-order valence-corrected chi connectivity index (χ2v) is 7.83. The number of halogens is 4. The van der Waals surface area contributed by atoms with Crippen molar-refractivity contribution in [3.8, 4) is 0 Å². The minimum Gasteiger partial charge on any atom is -0.354 e. The van der Waals surface area contributed by atoms with Gasteiger partial charge in [0, 0.05) is 12.0 Å². The molecule has 1 saturated carbocycles. The first kappa shape index (κ1) is 25.2. The first-order valence-corrected chi connectivity index (χ1v) is 9.53. The van der Waals surface area contributed by atoms with Crippen molar-refractivity contribution >= 4 is 24.2 Å². The first-order chi connectivity index (χ1) is 13.0. The van der Waals surface area contributed by atoms with Crippen LogP contribution in [0.5, 0.6) is 0 Å². The Kier molecular flexibility index (Phi) is 8.96. The molecule has 0 saturated heterocycles. The van der Waals surface area contributed by atoms with E-state index in [9.17, 15) is 22.8 Å². The number of hydrogen-bond acceptors (Lipinski definition) is 3. The summed E-state index contributed by atoms with van der Waals surface area (Å²) in [6.07, 6.45) is -1.20. The highest BCUT2D eigenvalue weighted by molar-refractivity contribution is 5.87. The lowest BCUT2D eigenvalue weighted by atomic mass is 9.78. The molecule has 1 aromatic carbocycles. The SMILES string of the molecule is CC(C)[C@H](N)C(=O)NCC(=O)NCC1(c2cccc(C(F)(F)F)c2)CCCC1.Cl. The quantitative estimate of drug-likeness (QED) is 0.615. The van der Waals surface area contributed by atoms with Gasteiger partial charge in [-0.15, -0.1) is 12.4 Å². The van der Waals surface area contributed by atoms with E-state index in [4.69, 9.17) is 5.73 Å². The van der Waals surface area contributed by atoms with Gasteiger partial charge < -0.3 is 16.4 Å². The molecule has 1 aromatic rings. The van der Waals surface area contributed by atoms with Crippen molar-refractivity contribution in [1.82, 2.24) is 10.6 Å². The van der Waals surface area contributed by atoms with Crippen LogP contribution in [0.4, 0.5) is 13.2 Å². The van der Waals surface area contributed by atoms with Crippen LogP contribution in [0.15, 0.2) is 24.3 Å². The molecular formula is C20H29ClF3N3O2.